The van der Waals surface area contributed by atoms with Gasteiger partial charge in [0.15, 0.2) is 11.5 Å². The van der Waals surface area contributed by atoms with Crippen molar-refractivity contribution in [2.45, 2.75) is 27.4 Å². The van der Waals surface area contributed by atoms with Crippen LogP contribution in [0.3, 0.4) is 0 Å². The first-order valence-electron chi connectivity index (χ1n) is 7.73. The predicted molar refractivity (Wildman–Crippen MR) is 91.0 cm³/mol. The minimum Gasteiger partial charge on any atom is -0.493 e. The lowest BCUT2D eigenvalue weighted by Crippen LogP contribution is -2.19. The minimum atomic E-state index is -0.129. The molecule has 0 saturated carbocycles. The average molecular weight is 330 g/mol. The van der Waals surface area contributed by atoms with Crippen molar-refractivity contribution in [2.24, 2.45) is 0 Å². The number of aromatic nitrogens is 1. The highest BCUT2D eigenvalue weighted by Crippen LogP contribution is 2.30. The van der Waals surface area contributed by atoms with Gasteiger partial charge in [0.1, 0.15) is 12.4 Å². The molecule has 0 atom stereocenters. The van der Waals surface area contributed by atoms with Gasteiger partial charge in [0.2, 0.25) is 5.91 Å². The van der Waals surface area contributed by atoms with Crippen LogP contribution >= 0.6 is 0 Å². The van der Waals surface area contributed by atoms with Gasteiger partial charge >= 0.3 is 0 Å². The Morgan fingerprint density at radius 2 is 2.12 bits per heavy atom. The van der Waals surface area contributed by atoms with Crippen LogP contribution in [0.4, 0.5) is 0 Å². The molecule has 1 heterocycles. The average Bonchev–Trinajstić information content (AvgIpc) is 2.90. The zero-order valence-electron chi connectivity index (χ0n) is 14.4. The highest BCUT2D eigenvalue weighted by molar-refractivity contribution is 5.91. The second kappa shape index (κ2) is 8.19. The summed E-state index contributed by atoms with van der Waals surface area (Å²) < 4.78 is 16.3. The second-order valence-electron chi connectivity index (χ2n) is 5.23. The number of aryl methyl sites for hydroxylation is 2. The number of methoxy groups -OCH3 is 1. The molecule has 1 aromatic carbocycles. The monoisotopic (exact) mass is 330 g/mol. The lowest BCUT2D eigenvalue weighted by Gasteiger charge is -2.11. The molecule has 2 aromatic rings. The number of carbonyl (C=O) groups excluding carboxylic acids is 1. The van der Waals surface area contributed by atoms with E-state index in [2.05, 4.69) is 10.5 Å². The summed E-state index contributed by atoms with van der Waals surface area (Å²) in [5, 5.41) is 6.61. The summed E-state index contributed by atoms with van der Waals surface area (Å²) in [4.78, 5) is 11.5. The van der Waals surface area contributed by atoms with Crippen LogP contribution in [0.2, 0.25) is 0 Å². The van der Waals surface area contributed by atoms with Crippen molar-refractivity contribution in [1.29, 1.82) is 0 Å². The van der Waals surface area contributed by atoms with Crippen LogP contribution in [-0.4, -0.2) is 24.7 Å². The molecular weight excluding hydrogens is 308 g/mol. The fourth-order valence-corrected chi connectivity index (χ4v) is 2.17. The highest BCUT2D eigenvalue weighted by atomic mass is 16.5. The molecule has 0 radical (unpaired) electrons. The van der Waals surface area contributed by atoms with Crippen LogP contribution in [0.25, 0.3) is 6.08 Å². The Hall–Kier alpha value is -2.76. The van der Waals surface area contributed by atoms with Crippen LogP contribution in [0.15, 0.2) is 28.8 Å². The molecule has 0 spiro atoms. The van der Waals surface area contributed by atoms with Gasteiger partial charge in [0.25, 0.3) is 0 Å². The fraction of sp³-hybridized carbons (Fsp3) is 0.333. The molecule has 0 aliphatic heterocycles. The summed E-state index contributed by atoms with van der Waals surface area (Å²) in [6, 6.07) is 5.49. The quantitative estimate of drug-likeness (QED) is 0.790. The van der Waals surface area contributed by atoms with E-state index in [0.29, 0.717) is 24.7 Å². The van der Waals surface area contributed by atoms with Gasteiger partial charge in [-0.2, -0.15) is 0 Å². The largest absolute Gasteiger partial charge is 0.493 e. The van der Waals surface area contributed by atoms with E-state index in [1.165, 1.54) is 6.08 Å². The van der Waals surface area contributed by atoms with E-state index in [1.54, 1.807) is 13.2 Å². The molecule has 6 heteroatoms. The number of hydrogen-bond donors (Lipinski definition) is 1. The van der Waals surface area contributed by atoms with Gasteiger partial charge in [-0.05, 0) is 44.5 Å². The van der Waals surface area contributed by atoms with Crippen molar-refractivity contribution in [3.63, 3.8) is 0 Å². The number of nitrogens with zero attached hydrogens (tertiary/aromatic N) is 1. The second-order valence-corrected chi connectivity index (χ2v) is 5.23. The molecule has 0 bridgehead atoms. The first kappa shape index (κ1) is 17.6. The number of hydrogen-bond acceptors (Lipinski definition) is 5. The number of ether oxygens (including phenoxy) is 2. The van der Waals surface area contributed by atoms with E-state index in [9.17, 15) is 4.79 Å². The Morgan fingerprint density at radius 1 is 1.33 bits per heavy atom. The first-order chi connectivity index (χ1) is 11.5. The summed E-state index contributed by atoms with van der Waals surface area (Å²) in [6.07, 6.45) is 3.22. The highest BCUT2D eigenvalue weighted by Gasteiger charge is 2.11. The van der Waals surface area contributed by atoms with Crippen LogP contribution < -0.4 is 14.8 Å². The van der Waals surface area contributed by atoms with Gasteiger partial charge in [-0.3, -0.25) is 4.79 Å². The molecule has 0 fully saturated rings. The molecule has 0 aliphatic rings. The molecule has 1 N–H and O–H groups in total. The number of rotatable bonds is 7. The Bertz CT molecular complexity index is 715. The lowest BCUT2D eigenvalue weighted by molar-refractivity contribution is -0.116. The SMILES string of the molecule is CCNC(=O)/C=C/c1ccc(OCc2c(C)noc2C)c(OC)c1. The van der Waals surface area contributed by atoms with Gasteiger partial charge in [0, 0.05) is 12.6 Å². The molecule has 0 saturated heterocycles. The maximum atomic E-state index is 11.5. The molecule has 0 aliphatic carbocycles. The molecule has 1 aromatic heterocycles. The maximum absolute atomic E-state index is 11.5. The zero-order chi connectivity index (χ0) is 17.5. The van der Waals surface area contributed by atoms with Crippen molar-refractivity contribution >= 4 is 12.0 Å². The number of nitrogens with one attached hydrogen (secondary N) is 1. The molecule has 24 heavy (non-hydrogen) atoms. The van der Waals surface area contributed by atoms with Gasteiger partial charge in [-0.25, -0.2) is 0 Å². The number of carbonyl (C=O) groups is 1. The lowest BCUT2D eigenvalue weighted by atomic mass is 10.2. The van der Waals surface area contributed by atoms with E-state index in [0.717, 1.165) is 22.6 Å². The molecule has 1 amide bonds. The summed E-state index contributed by atoms with van der Waals surface area (Å²) in [7, 11) is 1.58. The summed E-state index contributed by atoms with van der Waals surface area (Å²) >= 11 is 0. The Balaban J connectivity index is 2.10. The summed E-state index contributed by atoms with van der Waals surface area (Å²) in [6.45, 7) is 6.55. The topological polar surface area (TPSA) is 73.6 Å². The molecule has 128 valence electrons. The van der Waals surface area contributed by atoms with Crippen LogP contribution in [-0.2, 0) is 11.4 Å². The Morgan fingerprint density at radius 3 is 2.75 bits per heavy atom. The van der Waals surface area contributed by atoms with E-state index in [-0.39, 0.29) is 5.91 Å². The van der Waals surface area contributed by atoms with Crippen molar-refractivity contribution in [3.8, 4) is 11.5 Å². The van der Waals surface area contributed by atoms with Crippen molar-refractivity contribution in [2.75, 3.05) is 13.7 Å². The van der Waals surface area contributed by atoms with Crippen LogP contribution in [0.1, 0.15) is 29.5 Å². The van der Waals surface area contributed by atoms with Crippen molar-refractivity contribution in [3.05, 3.63) is 46.9 Å². The third kappa shape index (κ3) is 4.38. The third-order valence-corrected chi connectivity index (χ3v) is 3.52. The minimum absolute atomic E-state index is 0.129. The van der Waals surface area contributed by atoms with Gasteiger partial charge in [0.05, 0.1) is 18.4 Å². The number of benzene rings is 1. The standard InChI is InChI=1S/C18H22N2O4/c1-5-19-18(21)9-7-14-6-8-16(17(10-14)22-4)23-11-15-12(2)20-24-13(15)3/h6-10H,5,11H2,1-4H3,(H,19,21)/b9-7+. The van der Waals surface area contributed by atoms with E-state index in [1.807, 2.05) is 39.0 Å². The summed E-state index contributed by atoms with van der Waals surface area (Å²) in [5.41, 5.74) is 2.59. The van der Waals surface area contributed by atoms with E-state index >= 15 is 0 Å². The zero-order valence-corrected chi connectivity index (χ0v) is 14.4. The molecular formula is C18H22N2O4. The van der Waals surface area contributed by atoms with Gasteiger partial charge in [-0.15, -0.1) is 0 Å². The first-order valence-corrected chi connectivity index (χ1v) is 7.73. The maximum Gasteiger partial charge on any atom is 0.243 e. The molecule has 2 rings (SSSR count). The third-order valence-electron chi connectivity index (χ3n) is 3.52. The molecule has 0 unspecified atom stereocenters. The fourth-order valence-electron chi connectivity index (χ4n) is 2.17. The van der Waals surface area contributed by atoms with Crippen LogP contribution in [0.5, 0.6) is 11.5 Å². The summed E-state index contributed by atoms with van der Waals surface area (Å²) in [5.74, 6) is 1.83. The number of amides is 1. The van der Waals surface area contributed by atoms with E-state index < -0.39 is 0 Å². The Labute approximate surface area is 141 Å². The van der Waals surface area contributed by atoms with Crippen molar-refractivity contribution in [1.82, 2.24) is 10.5 Å². The predicted octanol–water partition coefficient (Wildman–Crippen LogP) is 3.03. The normalized spacial score (nSPS) is 10.8. The Kier molecular flexibility index (Phi) is 6.01. The smallest absolute Gasteiger partial charge is 0.243 e. The molecule has 6 nitrogen and oxygen atoms in total. The van der Waals surface area contributed by atoms with E-state index in [4.69, 9.17) is 14.0 Å². The van der Waals surface area contributed by atoms with Crippen molar-refractivity contribution < 1.29 is 18.8 Å². The van der Waals surface area contributed by atoms with Crippen LogP contribution in [0, 0.1) is 13.8 Å². The van der Waals surface area contributed by atoms with Gasteiger partial charge < -0.3 is 19.3 Å². The number of likely N-dealkylation sites (N-methyl/N-ethyl adjacent to an activating group) is 1. The van der Waals surface area contributed by atoms with Gasteiger partial charge in [-0.1, -0.05) is 11.2 Å².